The van der Waals surface area contributed by atoms with Crippen LogP contribution in [0.2, 0.25) is 5.02 Å². The number of amides is 1. The summed E-state index contributed by atoms with van der Waals surface area (Å²) in [6.07, 6.45) is -1.26. The first kappa shape index (κ1) is 19.3. The summed E-state index contributed by atoms with van der Waals surface area (Å²) < 4.78 is 17.2. The van der Waals surface area contributed by atoms with E-state index in [4.69, 9.17) is 31.5 Å². The van der Waals surface area contributed by atoms with E-state index in [9.17, 15) is 4.79 Å². The summed E-state index contributed by atoms with van der Waals surface area (Å²) in [5.74, 6) is 0.869. The smallest absolute Gasteiger partial charge is 0.251 e. The Bertz CT molecular complexity index is 1080. The lowest BCUT2D eigenvalue weighted by Crippen LogP contribution is -2.23. The third-order valence-corrected chi connectivity index (χ3v) is 5.26. The summed E-state index contributed by atoms with van der Waals surface area (Å²) >= 11 is 6.23. The molecule has 6 heteroatoms. The van der Waals surface area contributed by atoms with Crippen LogP contribution in [-0.2, 0) is 9.53 Å². The zero-order valence-electron chi connectivity index (χ0n) is 16.0. The molecule has 0 fully saturated rings. The molecule has 3 aromatic carbocycles. The minimum absolute atomic E-state index is 0.409. The minimum Gasteiger partial charge on any atom is -0.496 e. The fourth-order valence-corrected chi connectivity index (χ4v) is 3.96. The highest BCUT2D eigenvalue weighted by Gasteiger charge is 2.31. The third kappa shape index (κ3) is 3.43. The maximum absolute atomic E-state index is 11.8. The molecule has 1 aliphatic rings. The van der Waals surface area contributed by atoms with Crippen LogP contribution in [0.5, 0.6) is 11.5 Å². The van der Waals surface area contributed by atoms with E-state index in [1.807, 2.05) is 60.7 Å². The van der Waals surface area contributed by atoms with E-state index in [1.54, 1.807) is 7.11 Å². The van der Waals surface area contributed by atoms with Gasteiger partial charge in [0.2, 0.25) is 0 Å². The maximum atomic E-state index is 11.8. The van der Waals surface area contributed by atoms with E-state index in [0.29, 0.717) is 22.1 Å². The Balaban J connectivity index is 1.95. The standard InChI is InChI=1S/C23H20ClNO4/c1-27-18-7-4-8-19-20(18)16-10-9-14(22(28-2)23(25)26)12-17(16)21(29-19)13-5-3-6-15(24)11-13/h3-12,21-22H,1-2H3,(H2,25,26). The lowest BCUT2D eigenvalue weighted by molar-refractivity contribution is -0.128. The van der Waals surface area contributed by atoms with Gasteiger partial charge < -0.3 is 19.9 Å². The molecule has 2 unspecified atom stereocenters. The Morgan fingerprint density at radius 1 is 1.10 bits per heavy atom. The fraction of sp³-hybridized carbons (Fsp3) is 0.174. The quantitative estimate of drug-likeness (QED) is 0.664. The van der Waals surface area contributed by atoms with Crippen molar-refractivity contribution in [1.82, 2.24) is 0 Å². The number of rotatable bonds is 5. The van der Waals surface area contributed by atoms with Crippen molar-refractivity contribution in [2.75, 3.05) is 14.2 Å². The van der Waals surface area contributed by atoms with Crippen molar-refractivity contribution in [1.29, 1.82) is 0 Å². The number of nitrogens with two attached hydrogens (primary N) is 1. The molecule has 4 rings (SSSR count). The highest BCUT2D eigenvalue weighted by Crippen LogP contribution is 2.49. The van der Waals surface area contributed by atoms with Gasteiger partial charge in [0, 0.05) is 17.7 Å². The molecule has 1 aliphatic heterocycles. The number of hydrogen-bond donors (Lipinski definition) is 1. The Kier molecular flexibility index (Phi) is 5.18. The van der Waals surface area contributed by atoms with Crippen LogP contribution >= 0.6 is 11.6 Å². The van der Waals surface area contributed by atoms with Gasteiger partial charge in [0.15, 0.2) is 6.10 Å². The average molecular weight is 410 g/mol. The van der Waals surface area contributed by atoms with Crippen molar-refractivity contribution in [3.05, 3.63) is 82.4 Å². The maximum Gasteiger partial charge on any atom is 0.251 e. The van der Waals surface area contributed by atoms with Crippen LogP contribution in [0.15, 0.2) is 60.7 Å². The largest absolute Gasteiger partial charge is 0.496 e. The normalized spacial score (nSPS) is 15.6. The number of carbonyl (C=O) groups excluding carboxylic acids is 1. The highest BCUT2D eigenvalue weighted by molar-refractivity contribution is 6.30. The Morgan fingerprint density at radius 2 is 1.90 bits per heavy atom. The van der Waals surface area contributed by atoms with Gasteiger partial charge in [-0.15, -0.1) is 0 Å². The molecule has 0 saturated heterocycles. The van der Waals surface area contributed by atoms with Crippen LogP contribution in [0.3, 0.4) is 0 Å². The van der Waals surface area contributed by atoms with Crippen LogP contribution in [0, 0.1) is 0 Å². The van der Waals surface area contributed by atoms with Gasteiger partial charge in [0.1, 0.15) is 17.6 Å². The van der Waals surface area contributed by atoms with Gasteiger partial charge in [-0.05, 0) is 47.0 Å². The molecule has 148 valence electrons. The molecule has 0 radical (unpaired) electrons. The van der Waals surface area contributed by atoms with Crippen molar-refractivity contribution >= 4 is 17.5 Å². The fourth-order valence-electron chi connectivity index (χ4n) is 3.76. The Hall–Kier alpha value is -3.02. The molecule has 0 aliphatic carbocycles. The van der Waals surface area contributed by atoms with Crippen LogP contribution in [0.1, 0.15) is 28.9 Å². The minimum atomic E-state index is -0.848. The van der Waals surface area contributed by atoms with Gasteiger partial charge in [-0.3, -0.25) is 4.79 Å². The Morgan fingerprint density at radius 3 is 2.59 bits per heavy atom. The van der Waals surface area contributed by atoms with Crippen molar-refractivity contribution in [3.8, 4) is 22.6 Å². The van der Waals surface area contributed by atoms with Crippen molar-refractivity contribution < 1.29 is 19.0 Å². The predicted octanol–water partition coefficient (Wildman–Crippen LogP) is 4.67. The zero-order valence-corrected chi connectivity index (χ0v) is 16.8. The van der Waals surface area contributed by atoms with Crippen molar-refractivity contribution in [2.24, 2.45) is 5.73 Å². The second-order valence-corrected chi connectivity index (χ2v) is 7.19. The molecule has 2 N–H and O–H groups in total. The number of methoxy groups -OCH3 is 2. The first-order valence-electron chi connectivity index (χ1n) is 9.09. The molecule has 3 aromatic rings. The summed E-state index contributed by atoms with van der Waals surface area (Å²) in [6, 6.07) is 18.9. The van der Waals surface area contributed by atoms with Crippen LogP contribution < -0.4 is 15.2 Å². The van der Waals surface area contributed by atoms with E-state index >= 15 is 0 Å². The molecule has 1 amide bonds. The first-order valence-corrected chi connectivity index (χ1v) is 9.46. The average Bonchev–Trinajstić information content (AvgIpc) is 2.72. The monoisotopic (exact) mass is 409 g/mol. The lowest BCUT2D eigenvalue weighted by atomic mass is 9.87. The number of benzene rings is 3. The van der Waals surface area contributed by atoms with Crippen LogP contribution in [-0.4, -0.2) is 20.1 Å². The second-order valence-electron chi connectivity index (χ2n) is 6.75. The number of hydrogen-bond acceptors (Lipinski definition) is 4. The van der Waals surface area contributed by atoms with E-state index < -0.39 is 18.1 Å². The molecule has 29 heavy (non-hydrogen) atoms. The van der Waals surface area contributed by atoms with Gasteiger partial charge in [-0.2, -0.15) is 0 Å². The van der Waals surface area contributed by atoms with E-state index in [-0.39, 0.29) is 0 Å². The molecule has 0 saturated carbocycles. The van der Waals surface area contributed by atoms with Gasteiger partial charge >= 0.3 is 0 Å². The SMILES string of the molecule is COc1cccc2c1-c1ccc(C(OC)C(N)=O)cc1C(c1cccc(Cl)c1)O2. The Labute approximate surface area is 174 Å². The molecule has 0 aromatic heterocycles. The molecule has 2 atom stereocenters. The van der Waals surface area contributed by atoms with Gasteiger partial charge in [-0.1, -0.05) is 41.9 Å². The van der Waals surface area contributed by atoms with Gasteiger partial charge in [-0.25, -0.2) is 0 Å². The summed E-state index contributed by atoms with van der Waals surface area (Å²) in [5, 5.41) is 0.618. The zero-order chi connectivity index (χ0) is 20.5. The number of halogens is 1. The number of primary amides is 1. The molecule has 0 spiro atoms. The molecular formula is C23H20ClNO4. The van der Waals surface area contributed by atoms with E-state index in [0.717, 1.165) is 22.3 Å². The lowest BCUT2D eigenvalue weighted by Gasteiger charge is -2.31. The molecule has 1 heterocycles. The second kappa shape index (κ2) is 7.78. The summed E-state index contributed by atoms with van der Waals surface area (Å²) in [6.45, 7) is 0. The number of ether oxygens (including phenoxy) is 3. The van der Waals surface area contributed by atoms with Gasteiger partial charge in [0.25, 0.3) is 5.91 Å². The summed E-state index contributed by atoms with van der Waals surface area (Å²) in [4.78, 5) is 11.8. The van der Waals surface area contributed by atoms with Gasteiger partial charge in [0.05, 0.1) is 12.7 Å². The topological polar surface area (TPSA) is 70.8 Å². The predicted molar refractivity (Wildman–Crippen MR) is 111 cm³/mol. The molecule has 5 nitrogen and oxygen atoms in total. The van der Waals surface area contributed by atoms with E-state index in [2.05, 4.69) is 0 Å². The van der Waals surface area contributed by atoms with Crippen molar-refractivity contribution in [3.63, 3.8) is 0 Å². The number of carbonyl (C=O) groups is 1. The van der Waals surface area contributed by atoms with Crippen molar-refractivity contribution in [2.45, 2.75) is 12.2 Å². The molecular weight excluding hydrogens is 390 g/mol. The summed E-state index contributed by atoms with van der Waals surface area (Å²) in [7, 11) is 3.08. The van der Waals surface area contributed by atoms with Crippen LogP contribution in [0.25, 0.3) is 11.1 Å². The summed E-state index contributed by atoms with van der Waals surface area (Å²) in [5.41, 5.74) is 9.77. The first-order chi connectivity index (χ1) is 14.0. The van der Waals surface area contributed by atoms with E-state index in [1.165, 1.54) is 7.11 Å². The molecule has 0 bridgehead atoms. The van der Waals surface area contributed by atoms with Crippen LogP contribution in [0.4, 0.5) is 0 Å². The highest BCUT2D eigenvalue weighted by atomic mass is 35.5. The third-order valence-electron chi connectivity index (χ3n) is 5.03. The number of fused-ring (bicyclic) bond motifs is 3.